The molecule has 2 rings (SSSR count). The highest BCUT2D eigenvalue weighted by Gasteiger charge is 2.12. The number of rotatable bonds is 4. The molecule has 0 amide bonds. The topological polar surface area (TPSA) is 145 Å². The first-order valence-corrected chi connectivity index (χ1v) is 5.69. The molecule has 0 aliphatic heterocycles. The van der Waals surface area contributed by atoms with Gasteiger partial charge >= 0.3 is 17.6 Å². The predicted molar refractivity (Wildman–Crippen MR) is 71.0 cm³/mol. The van der Waals surface area contributed by atoms with E-state index < -0.39 is 17.6 Å². The van der Waals surface area contributed by atoms with Crippen LogP contribution in [0.5, 0.6) is 0 Å². The molecule has 0 spiro atoms. The van der Waals surface area contributed by atoms with Crippen molar-refractivity contribution >= 4 is 23.6 Å². The molecule has 9 heteroatoms. The van der Waals surface area contributed by atoms with Crippen LogP contribution in [0.3, 0.4) is 0 Å². The quantitative estimate of drug-likeness (QED) is 0.640. The largest absolute Gasteiger partial charge is 0.478 e. The van der Waals surface area contributed by atoms with Crippen LogP contribution >= 0.6 is 0 Å². The normalized spacial score (nSPS) is 10.1. The van der Waals surface area contributed by atoms with Gasteiger partial charge in [-0.1, -0.05) is 0 Å². The number of nitrogens with one attached hydrogen (secondary N) is 2. The predicted octanol–water partition coefficient (Wildman–Crippen LogP) is 0.613. The number of anilines is 2. The van der Waals surface area contributed by atoms with Gasteiger partial charge in [0, 0.05) is 5.69 Å². The first-order chi connectivity index (χ1) is 9.85. The highest BCUT2D eigenvalue weighted by atomic mass is 16.4. The zero-order chi connectivity index (χ0) is 15.6. The van der Waals surface area contributed by atoms with E-state index in [1.807, 2.05) is 0 Å². The highest BCUT2D eigenvalue weighted by Crippen LogP contribution is 2.18. The van der Waals surface area contributed by atoms with E-state index in [4.69, 9.17) is 10.2 Å². The van der Waals surface area contributed by atoms with Crippen LogP contribution in [0.1, 0.15) is 26.5 Å². The summed E-state index contributed by atoms with van der Waals surface area (Å²) in [5, 5.41) is 20.5. The SMILES string of the molecule is Cc1nc(Nc2cc(C(=O)O)cc(C(=O)O)c2)nc(=O)[nH]1. The molecule has 108 valence electrons. The van der Waals surface area contributed by atoms with Crippen LogP contribution in [0.4, 0.5) is 11.6 Å². The molecular formula is C12H10N4O5. The van der Waals surface area contributed by atoms with Crippen molar-refractivity contribution in [3.8, 4) is 0 Å². The number of aryl methyl sites for hydroxylation is 1. The van der Waals surface area contributed by atoms with Crippen molar-refractivity contribution < 1.29 is 19.8 Å². The molecule has 1 aromatic heterocycles. The fourth-order valence-corrected chi connectivity index (χ4v) is 1.62. The Labute approximate surface area is 117 Å². The third-order valence-corrected chi connectivity index (χ3v) is 2.45. The van der Waals surface area contributed by atoms with Crippen molar-refractivity contribution in [2.24, 2.45) is 0 Å². The lowest BCUT2D eigenvalue weighted by Crippen LogP contribution is -2.16. The number of carboxylic acids is 2. The molecule has 0 atom stereocenters. The molecule has 0 aliphatic rings. The molecule has 0 unspecified atom stereocenters. The van der Waals surface area contributed by atoms with E-state index in [0.29, 0.717) is 5.82 Å². The molecular weight excluding hydrogens is 280 g/mol. The van der Waals surface area contributed by atoms with Crippen molar-refractivity contribution in [3.05, 3.63) is 45.6 Å². The first-order valence-electron chi connectivity index (χ1n) is 5.69. The minimum atomic E-state index is -1.27. The van der Waals surface area contributed by atoms with E-state index in [0.717, 1.165) is 6.07 Å². The molecule has 1 heterocycles. The molecule has 1 aromatic carbocycles. The van der Waals surface area contributed by atoms with Gasteiger partial charge in [-0.25, -0.2) is 14.4 Å². The van der Waals surface area contributed by atoms with Crippen molar-refractivity contribution in [2.75, 3.05) is 5.32 Å². The minimum Gasteiger partial charge on any atom is -0.478 e. The van der Waals surface area contributed by atoms with Crippen molar-refractivity contribution in [1.29, 1.82) is 0 Å². The number of H-pyrrole nitrogens is 1. The standard InChI is InChI=1S/C12H10N4O5/c1-5-13-11(16-12(21)14-5)15-8-3-6(9(17)18)2-7(4-8)10(19)20/h2-4H,1H3,(H,17,18)(H,19,20)(H2,13,14,15,16,21). The molecule has 0 aliphatic carbocycles. The van der Waals surface area contributed by atoms with Gasteiger partial charge < -0.3 is 15.5 Å². The maximum absolute atomic E-state index is 11.2. The highest BCUT2D eigenvalue weighted by molar-refractivity contribution is 5.95. The molecule has 2 aromatic rings. The average Bonchev–Trinajstić information content (AvgIpc) is 2.36. The first kappa shape index (κ1) is 14.2. The summed E-state index contributed by atoms with van der Waals surface area (Å²) in [4.78, 5) is 43.0. The number of aromatic amines is 1. The number of aromatic nitrogens is 3. The van der Waals surface area contributed by atoms with Crippen LogP contribution in [0.25, 0.3) is 0 Å². The fraction of sp³-hybridized carbons (Fsp3) is 0.0833. The fourth-order valence-electron chi connectivity index (χ4n) is 1.62. The summed E-state index contributed by atoms with van der Waals surface area (Å²) in [7, 11) is 0. The molecule has 0 radical (unpaired) electrons. The van der Waals surface area contributed by atoms with E-state index in [1.165, 1.54) is 12.1 Å². The number of aromatic carboxylic acids is 2. The number of carboxylic acid groups (broad SMARTS) is 2. The van der Waals surface area contributed by atoms with Gasteiger partial charge in [-0.05, 0) is 25.1 Å². The van der Waals surface area contributed by atoms with Crippen LogP contribution in [0.2, 0.25) is 0 Å². The van der Waals surface area contributed by atoms with Crippen LogP contribution in [-0.4, -0.2) is 37.1 Å². The Morgan fingerprint density at radius 3 is 2.14 bits per heavy atom. The van der Waals surface area contributed by atoms with Crippen molar-refractivity contribution in [3.63, 3.8) is 0 Å². The van der Waals surface area contributed by atoms with Crippen molar-refractivity contribution in [2.45, 2.75) is 6.92 Å². The second-order valence-electron chi connectivity index (χ2n) is 4.10. The zero-order valence-corrected chi connectivity index (χ0v) is 10.7. The third kappa shape index (κ3) is 3.41. The number of benzene rings is 1. The van der Waals surface area contributed by atoms with Gasteiger partial charge in [-0.15, -0.1) is 0 Å². The summed E-state index contributed by atoms with van der Waals surface area (Å²) in [5.41, 5.74) is -0.895. The number of hydrogen-bond acceptors (Lipinski definition) is 6. The molecule has 0 saturated carbocycles. The summed E-state index contributed by atoms with van der Waals surface area (Å²) in [6.07, 6.45) is 0. The number of nitrogens with zero attached hydrogens (tertiary/aromatic N) is 2. The van der Waals surface area contributed by atoms with E-state index in [-0.39, 0.29) is 22.8 Å². The second kappa shape index (κ2) is 5.41. The van der Waals surface area contributed by atoms with E-state index >= 15 is 0 Å². The van der Waals surface area contributed by atoms with E-state index in [2.05, 4.69) is 20.3 Å². The summed E-state index contributed by atoms with van der Waals surface area (Å²) < 4.78 is 0. The van der Waals surface area contributed by atoms with Crippen LogP contribution in [0, 0.1) is 6.92 Å². The Kier molecular flexibility index (Phi) is 3.65. The average molecular weight is 290 g/mol. The van der Waals surface area contributed by atoms with Gasteiger partial charge in [0.05, 0.1) is 11.1 Å². The number of hydrogen-bond donors (Lipinski definition) is 4. The van der Waals surface area contributed by atoms with Gasteiger partial charge in [0.25, 0.3) is 0 Å². The van der Waals surface area contributed by atoms with Gasteiger partial charge in [0.2, 0.25) is 5.95 Å². The second-order valence-corrected chi connectivity index (χ2v) is 4.10. The van der Waals surface area contributed by atoms with Crippen LogP contribution in [-0.2, 0) is 0 Å². The Morgan fingerprint density at radius 1 is 1.10 bits per heavy atom. The lowest BCUT2D eigenvalue weighted by Gasteiger charge is -2.07. The van der Waals surface area contributed by atoms with Gasteiger partial charge in [-0.2, -0.15) is 9.97 Å². The maximum Gasteiger partial charge on any atom is 0.349 e. The zero-order valence-electron chi connectivity index (χ0n) is 10.7. The Morgan fingerprint density at radius 2 is 1.67 bits per heavy atom. The molecule has 21 heavy (non-hydrogen) atoms. The summed E-state index contributed by atoms with van der Waals surface area (Å²) in [6, 6.07) is 3.46. The molecule has 4 N–H and O–H groups in total. The van der Waals surface area contributed by atoms with E-state index in [1.54, 1.807) is 6.92 Å². The Balaban J connectivity index is 2.45. The molecule has 0 saturated heterocycles. The molecule has 9 nitrogen and oxygen atoms in total. The van der Waals surface area contributed by atoms with Gasteiger partial charge in [-0.3, -0.25) is 4.98 Å². The van der Waals surface area contributed by atoms with Crippen LogP contribution in [0.15, 0.2) is 23.0 Å². The summed E-state index contributed by atoms with van der Waals surface area (Å²) in [6.45, 7) is 1.55. The van der Waals surface area contributed by atoms with Crippen LogP contribution < -0.4 is 11.0 Å². The number of carbonyl (C=O) groups is 2. The maximum atomic E-state index is 11.2. The minimum absolute atomic E-state index is 0.0601. The summed E-state index contributed by atoms with van der Waals surface area (Å²) in [5.74, 6) is -2.30. The lowest BCUT2D eigenvalue weighted by molar-refractivity contribution is 0.0696. The van der Waals surface area contributed by atoms with Crippen molar-refractivity contribution in [1.82, 2.24) is 15.0 Å². The van der Waals surface area contributed by atoms with Gasteiger partial charge in [0.1, 0.15) is 5.82 Å². The molecule has 0 fully saturated rings. The monoisotopic (exact) mass is 290 g/mol. The van der Waals surface area contributed by atoms with E-state index in [9.17, 15) is 14.4 Å². The Bertz CT molecular complexity index is 751. The molecule has 0 bridgehead atoms. The smallest absolute Gasteiger partial charge is 0.349 e. The third-order valence-electron chi connectivity index (χ3n) is 2.45. The lowest BCUT2D eigenvalue weighted by atomic mass is 10.1. The summed E-state index contributed by atoms with van der Waals surface area (Å²) >= 11 is 0. The van der Waals surface area contributed by atoms with Gasteiger partial charge in [0.15, 0.2) is 0 Å². The Hall–Kier alpha value is -3.23.